The second kappa shape index (κ2) is 6.16. The van der Waals surface area contributed by atoms with Crippen molar-refractivity contribution in [2.75, 3.05) is 6.61 Å². The Morgan fingerprint density at radius 3 is 2.32 bits per heavy atom. The van der Waals surface area contributed by atoms with Crippen molar-refractivity contribution in [3.8, 4) is 11.5 Å². The van der Waals surface area contributed by atoms with E-state index in [1.54, 1.807) is 0 Å². The zero-order chi connectivity index (χ0) is 14.6. The van der Waals surface area contributed by atoms with Gasteiger partial charge in [0.15, 0.2) is 11.5 Å². The first kappa shape index (κ1) is 15.7. The predicted molar refractivity (Wildman–Crippen MR) is 63.3 cm³/mol. The van der Waals surface area contributed by atoms with Crippen molar-refractivity contribution in [3.63, 3.8) is 0 Å². The zero-order valence-corrected chi connectivity index (χ0v) is 10.4. The first-order valence-electron chi connectivity index (χ1n) is 5.57. The van der Waals surface area contributed by atoms with Crippen molar-refractivity contribution < 1.29 is 32.7 Å². The molecule has 0 atom stereocenters. The third kappa shape index (κ3) is 5.40. The molecular weight excluding hydrogens is 264 g/mol. The molecule has 0 aromatic heterocycles. The first-order chi connectivity index (χ1) is 8.69. The number of rotatable bonds is 5. The Hall–Kier alpha value is -1.41. The number of hydrogen-bond acceptors (Lipinski definition) is 4. The topological polar surface area (TPSA) is 58.9 Å². The van der Waals surface area contributed by atoms with E-state index in [0.717, 1.165) is 18.2 Å². The molecule has 0 aliphatic rings. The minimum atomic E-state index is -4.84. The molecule has 106 valence electrons. The van der Waals surface area contributed by atoms with Crippen molar-refractivity contribution in [1.29, 1.82) is 0 Å². The van der Waals surface area contributed by atoms with Crippen LogP contribution in [0.2, 0.25) is 0 Å². The van der Waals surface area contributed by atoms with Gasteiger partial charge in [-0.3, -0.25) is 0 Å². The lowest BCUT2D eigenvalue weighted by molar-refractivity contribution is -0.275. The van der Waals surface area contributed by atoms with Gasteiger partial charge in [0.25, 0.3) is 0 Å². The smallest absolute Gasteiger partial charge is 0.489 e. The first-order valence-corrected chi connectivity index (χ1v) is 5.57. The van der Waals surface area contributed by atoms with Gasteiger partial charge < -0.3 is 19.5 Å². The highest BCUT2D eigenvalue weighted by atomic mass is 19.4. The summed E-state index contributed by atoms with van der Waals surface area (Å²) in [5.41, 5.74) is 0.0216. The largest absolute Gasteiger partial charge is 0.573 e. The lowest BCUT2D eigenvalue weighted by Crippen LogP contribution is -2.30. The summed E-state index contributed by atoms with van der Waals surface area (Å²) in [7, 11) is -1.79. The fourth-order valence-corrected chi connectivity index (χ4v) is 1.26. The molecule has 19 heavy (non-hydrogen) atoms. The molecule has 0 saturated heterocycles. The maximum Gasteiger partial charge on any atom is 0.573 e. The third-order valence-corrected chi connectivity index (χ3v) is 2.06. The van der Waals surface area contributed by atoms with Crippen molar-refractivity contribution in [1.82, 2.24) is 0 Å². The minimum absolute atomic E-state index is 0.0216. The molecule has 0 amide bonds. The maximum atomic E-state index is 12.2. The molecule has 0 saturated carbocycles. The summed E-state index contributed by atoms with van der Waals surface area (Å²) in [5, 5.41) is 18.0. The Morgan fingerprint density at radius 2 is 1.84 bits per heavy atom. The SMILES string of the molecule is CC(C)COc1cc(B(O)O)ccc1OC(F)(F)F. The molecule has 0 bridgehead atoms. The summed E-state index contributed by atoms with van der Waals surface area (Å²) in [6.07, 6.45) is -4.84. The van der Waals surface area contributed by atoms with Crippen molar-refractivity contribution in [3.05, 3.63) is 18.2 Å². The van der Waals surface area contributed by atoms with Gasteiger partial charge in [-0.1, -0.05) is 19.9 Å². The highest BCUT2D eigenvalue weighted by molar-refractivity contribution is 6.58. The van der Waals surface area contributed by atoms with Gasteiger partial charge in [0.2, 0.25) is 0 Å². The van der Waals surface area contributed by atoms with E-state index in [4.69, 9.17) is 14.8 Å². The molecule has 0 unspecified atom stereocenters. The van der Waals surface area contributed by atoms with Crippen LogP contribution in [0.5, 0.6) is 11.5 Å². The van der Waals surface area contributed by atoms with Crippen LogP contribution in [-0.2, 0) is 0 Å². The number of alkyl halides is 3. The van der Waals surface area contributed by atoms with Gasteiger partial charge in [0.05, 0.1) is 6.61 Å². The number of benzene rings is 1. The summed E-state index contributed by atoms with van der Waals surface area (Å²) < 4.78 is 45.6. The van der Waals surface area contributed by atoms with E-state index in [-0.39, 0.29) is 23.7 Å². The Labute approximate surface area is 108 Å². The van der Waals surface area contributed by atoms with Crippen LogP contribution in [0.25, 0.3) is 0 Å². The standard InChI is InChI=1S/C11H14BF3O4/c1-7(2)6-18-10-5-8(12(16)17)3-4-9(10)19-11(13,14)15/h3-5,7,16-17H,6H2,1-2H3. The van der Waals surface area contributed by atoms with Crippen LogP contribution >= 0.6 is 0 Å². The average molecular weight is 278 g/mol. The fourth-order valence-electron chi connectivity index (χ4n) is 1.26. The number of ether oxygens (including phenoxy) is 2. The van der Waals surface area contributed by atoms with Gasteiger partial charge in [-0.15, -0.1) is 13.2 Å². The van der Waals surface area contributed by atoms with E-state index in [0.29, 0.717) is 0 Å². The van der Waals surface area contributed by atoms with Gasteiger partial charge in [0.1, 0.15) is 0 Å². The fraction of sp³-hybridized carbons (Fsp3) is 0.455. The van der Waals surface area contributed by atoms with Gasteiger partial charge in [-0.05, 0) is 23.5 Å². The molecule has 0 heterocycles. The lowest BCUT2D eigenvalue weighted by Gasteiger charge is -2.16. The summed E-state index contributed by atoms with van der Waals surface area (Å²) >= 11 is 0. The Morgan fingerprint density at radius 1 is 1.21 bits per heavy atom. The number of halogens is 3. The van der Waals surface area contributed by atoms with Gasteiger partial charge in [0, 0.05) is 0 Å². The third-order valence-electron chi connectivity index (χ3n) is 2.06. The molecule has 1 aromatic carbocycles. The van der Waals surface area contributed by atoms with E-state index in [1.165, 1.54) is 0 Å². The quantitative estimate of drug-likeness (QED) is 0.797. The molecule has 0 aliphatic carbocycles. The molecule has 4 nitrogen and oxygen atoms in total. The van der Waals surface area contributed by atoms with Crippen molar-refractivity contribution in [2.45, 2.75) is 20.2 Å². The molecule has 0 radical (unpaired) electrons. The van der Waals surface area contributed by atoms with E-state index in [2.05, 4.69) is 4.74 Å². The second-order valence-electron chi connectivity index (χ2n) is 4.33. The predicted octanol–water partition coefficient (Wildman–Crippen LogP) is 1.30. The average Bonchev–Trinajstić information content (AvgIpc) is 2.25. The maximum absolute atomic E-state index is 12.2. The van der Waals surface area contributed by atoms with Crippen molar-refractivity contribution >= 4 is 12.6 Å². The van der Waals surface area contributed by atoms with Gasteiger partial charge >= 0.3 is 13.5 Å². The molecular formula is C11H14BF3O4. The Kier molecular flexibility index (Phi) is 5.08. The lowest BCUT2D eigenvalue weighted by atomic mass is 9.80. The van der Waals surface area contributed by atoms with Crippen LogP contribution in [-0.4, -0.2) is 30.1 Å². The molecule has 1 aromatic rings. The van der Waals surface area contributed by atoms with E-state index >= 15 is 0 Å². The molecule has 2 N–H and O–H groups in total. The minimum Gasteiger partial charge on any atom is -0.489 e. The van der Waals surface area contributed by atoms with Crippen LogP contribution in [0.4, 0.5) is 13.2 Å². The van der Waals surface area contributed by atoms with E-state index in [1.807, 2.05) is 13.8 Å². The van der Waals surface area contributed by atoms with E-state index in [9.17, 15) is 13.2 Å². The highest BCUT2D eigenvalue weighted by Crippen LogP contribution is 2.31. The van der Waals surface area contributed by atoms with Crippen LogP contribution in [0.1, 0.15) is 13.8 Å². The second-order valence-corrected chi connectivity index (χ2v) is 4.33. The molecule has 0 fully saturated rings. The highest BCUT2D eigenvalue weighted by Gasteiger charge is 2.32. The van der Waals surface area contributed by atoms with Crippen LogP contribution < -0.4 is 14.9 Å². The Bertz CT molecular complexity index is 421. The van der Waals surface area contributed by atoms with E-state index < -0.39 is 19.2 Å². The van der Waals surface area contributed by atoms with Gasteiger partial charge in [-0.2, -0.15) is 0 Å². The molecule has 8 heteroatoms. The van der Waals surface area contributed by atoms with Crippen LogP contribution in [0, 0.1) is 5.92 Å². The summed E-state index contributed by atoms with van der Waals surface area (Å²) in [6.45, 7) is 3.84. The zero-order valence-electron chi connectivity index (χ0n) is 10.4. The van der Waals surface area contributed by atoms with Crippen LogP contribution in [0.3, 0.4) is 0 Å². The molecule has 1 rings (SSSR count). The molecule has 0 aliphatic heterocycles. The summed E-state index contributed by atoms with van der Waals surface area (Å²) in [4.78, 5) is 0. The monoisotopic (exact) mass is 278 g/mol. The normalized spacial score (nSPS) is 11.6. The summed E-state index contributed by atoms with van der Waals surface area (Å²) in [5.74, 6) is -0.601. The van der Waals surface area contributed by atoms with Gasteiger partial charge in [-0.25, -0.2) is 0 Å². The molecule has 0 spiro atoms. The number of hydrogen-bond donors (Lipinski definition) is 2. The van der Waals surface area contributed by atoms with Crippen molar-refractivity contribution in [2.24, 2.45) is 5.92 Å². The van der Waals surface area contributed by atoms with Crippen LogP contribution in [0.15, 0.2) is 18.2 Å². The summed E-state index contributed by atoms with van der Waals surface area (Å²) in [6, 6.07) is 3.21. The Balaban J connectivity index is 3.00.